The van der Waals surface area contributed by atoms with Gasteiger partial charge in [0.15, 0.2) is 16.9 Å². The number of carbonyl (C=O) groups excluding carboxylic acids is 3. The number of hydrogen-bond donors (Lipinski definition) is 1. The number of amides is 3. The number of rotatable bonds is 4. The maximum Gasteiger partial charge on any atom is 0.294 e. The molecule has 0 aliphatic carbocycles. The maximum absolute atomic E-state index is 12.7. The standard InChI is InChI=1S/C23H16N2O7S/c26-20(24-14-5-6-17-18(10-14)31-8-7-30-17)11-25-22(28)19(33-23(25)29)9-13-12-32-16-4-2-1-3-15(16)21(13)27/h1-6,9-10,12H,7-8,11H2,(H,24,26)/b19-9-. The summed E-state index contributed by atoms with van der Waals surface area (Å²) in [6, 6.07) is 11.6. The van der Waals surface area contributed by atoms with Crippen molar-refractivity contribution >= 4 is 51.5 Å². The number of carbonyl (C=O) groups is 3. The van der Waals surface area contributed by atoms with Crippen LogP contribution in [0.15, 0.2) is 62.8 Å². The van der Waals surface area contributed by atoms with E-state index in [9.17, 15) is 19.2 Å². The number of nitrogens with zero attached hydrogens (tertiary/aromatic N) is 1. The summed E-state index contributed by atoms with van der Waals surface area (Å²) in [4.78, 5) is 51.1. The quantitative estimate of drug-likeness (QED) is 0.585. The fraction of sp³-hybridized carbons (Fsp3) is 0.130. The molecule has 1 N–H and O–H groups in total. The van der Waals surface area contributed by atoms with Crippen molar-refractivity contribution in [1.82, 2.24) is 4.90 Å². The smallest absolute Gasteiger partial charge is 0.294 e. The van der Waals surface area contributed by atoms with Crippen molar-refractivity contribution in [2.45, 2.75) is 0 Å². The largest absolute Gasteiger partial charge is 0.486 e. The minimum atomic E-state index is -0.658. The Morgan fingerprint density at radius 2 is 1.85 bits per heavy atom. The molecule has 1 fully saturated rings. The first-order chi connectivity index (χ1) is 16.0. The molecule has 2 aliphatic heterocycles. The van der Waals surface area contributed by atoms with Gasteiger partial charge < -0.3 is 19.2 Å². The highest BCUT2D eigenvalue weighted by Crippen LogP contribution is 2.34. The van der Waals surface area contributed by atoms with Crippen molar-refractivity contribution in [1.29, 1.82) is 0 Å². The second-order valence-electron chi connectivity index (χ2n) is 7.19. The fourth-order valence-corrected chi connectivity index (χ4v) is 4.26. The third-order valence-electron chi connectivity index (χ3n) is 4.99. The zero-order valence-electron chi connectivity index (χ0n) is 17.0. The van der Waals surface area contributed by atoms with Crippen LogP contribution in [0.1, 0.15) is 5.56 Å². The molecule has 0 bridgehead atoms. The number of nitrogens with one attached hydrogen (secondary N) is 1. The van der Waals surface area contributed by atoms with E-state index in [1.807, 2.05) is 0 Å². The average Bonchev–Trinajstić information content (AvgIpc) is 3.08. The van der Waals surface area contributed by atoms with Crippen molar-refractivity contribution in [3.05, 3.63) is 69.4 Å². The Morgan fingerprint density at radius 1 is 1.06 bits per heavy atom. The van der Waals surface area contributed by atoms with Gasteiger partial charge in [-0.1, -0.05) is 12.1 Å². The van der Waals surface area contributed by atoms with Crippen LogP contribution in [0.2, 0.25) is 0 Å². The highest BCUT2D eigenvalue weighted by molar-refractivity contribution is 8.18. The van der Waals surface area contributed by atoms with Gasteiger partial charge in [-0.05, 0) is 42.1 Å². The minimum absolute atomic E-state index is 0.0368. The van der Waals surface area contributed by atoms with Crippen molar-refractivity contribution in [2.75, 3.05) is 25.1 Å². The Kier molecular flexibility index (Phi) is 5.35. The predicted molar refractivity (Wildman–Crippen MR) is 121 cm³/mol. The topological polar surface area (TPSA) is 115 Å². The van der Waals surface area contributed by atoms with E-state index in [4.69, 9.17) is 13.9 Å². The van der Waals surface area contributed by atoms with E-state index >= 15 is 0 Å². The second-order valence-corrected chi connectivity index (χ2v) is 8.18. The van der Waals surface area contributed by atoms with Gasteiger partial charge in [-0.25, -0.2) is 0 Å². The van der Waals surface area contributed by atoms with Crippen molar-refractivity contribution in [3.8, 4) is 11.5 Å². The third kappa shape index (κ3) is 4.08. The van der Waals surface area contributed by atoms with Gasteiger partial charge >= 0.3 is 0 Å². The first kappa shape index (κ1) is 20.8. The molecule has 9 nitrogen and oxygen atoms in total. The van der Waals surface area contributed by atoms with E-state index in [0.717, 1.165) is 4.90 Å². The predicted octanol–water partition coefficient (Wildman–Crippen LogP) is 3.24. The van der Waals surface area contributed by atoms with Crippen LogP contribution in [-0.2, 0) is 9.59 Å². The third-order valence-corrected chi connectivity index (χ3v) is 5.90. The van der Waals surface area contributed by atoms with E-state index in [0.29, 0.717) is 53.1 Å². The lowest BCUT2D eigenvalue weighted by atomic mass is 10.1. The molecule has 0 radical (unpaired) electrons. The summed E-state index contributed by atoms with van der Waals surface area (Å²) in [5, 5.41) is 2.40. The van der Waals surface area contributed by atoms with Crippen LogP contribution in [0.4, 0.5) is 10.5 Å². The van der Waals surface area contributed by atoms with Crippen LogP contribution in [0.25, 0.3) is 17.0 Å². The molecule has 0 saturated carbocycles. The summed E-state index contributed by atoms with van der Waals surface area (Å²) >= 11 is 0.659. The molecule has 1 aromatic heterocycles. The molecular weight excluding hydrogens is 448 g/mol. The summed E-state index contributed by atoms with van der Waals surface area (Å²) in [5.74, 6) is -0.133. The van der Waals surface area contributed by atoms with Gasteiger partial charge in [-0.15, -0.1) is 0 Å². The lowest BCUT2D eigenvalue weighted by Gasteiger charge is -2.19. The van der Waals surface area contributed by atoms with Gasteiger partial charge in [-0.2, -0.15) is 0 Å². The highest BCUT2D eigenvalue weighted by Gasteiger charge is 2.36. The zero-order chi connectivity index (χ0) is 22.9. The molecule has 166 valence electrons. The van der Waals surface area contributed by atoms with Crippen LogP contribution in [-0.4, -0.2) is 41.7 Å². The molecule has 3 amide bonds. The molecule has 1 saturated heterocycles. The Hall–Kier alpha value is -4.05. The summed E-state index contributed by atoms with van der Waals surface area (Å²) in [6.07, 6.45) is 2.55. The Morgan fingerprint density at radius 3 is 2.70 bits per heavy atom. The number of benzene rings is 2. The Balaban J connectivity index is 1.31. The zero-order valence-corrected chi connectivity index (χ0v) is 17.8. The van der Waals surface area contributed by atoms with Crippen LogP contribution >= 0.6 is 11.8 Å². The van der Waals surface area contributed by atoms with Crippen molar-refractivity contribution < 1.29 is 28.3 Å². The van der Waals surface area contributed by atoms with E-state index in [-0.39, 0.29) is 15.9 Å². The number of fused-ring (bicyclic) bond motifs is 2. The Labute approximate surface area is 190 Å². The van der Waals surface area contributed by atoms with Crippen LogP contribution in [0.3, 0.4) is 0 Å². The molecule has 2 aromatic carbocycles. The van der Waals surface area contributed by atoms with Crippen molar-refractivity contribution in [2.24, 2.45) is 0 Å². The lowest BCUT2D eigenvalue weighted by molar-refractivity contribution is -0.127. The molecule has 0 spiro atoms. The SMILES string of the molecule is O=C(CN1C(=O)S/C(=C\c2coc3ccccc3c2=O)C1=O)Nc1ccc2c(c1)OCCO2. The van der Waals surface area contributed by atoms with Crippen LogP contribution in [0, 0.1) is 0 Å². The Bertz CT molecular complexity index is 1400. The molecule has 0 atom stereocenters. The van der Waals surface area contributed by atoms with Gasteiger partial charge in [0, 0.05) is 11.8 Å². The molecule has 5 rings (SSSR count). The molecule has 2 aliphatic rings. The molecule has 33 heavy (non-hydrogen) atoms. The average molecular weight is 464 g/mol. The summed E-state index contributed by atoms with van der Waals surface area (Å²) in [7, 11) is 0. The first-order valence-corrected chi connectivity index (χ1v) is 10.8. The number of ether oxygens (including phenoxy) is 2. The number of thioether (sulfide) groups is 1. The number of para-hydroxylation sites is 1. The van der Waals surface area contributed by atoms with Crippen molar-refractivity contribution in [3.63, 3.8) is 0 Å². The molecule has 3 aromatic rings. The van der Waals surface area contributed by atoms with E-state index in [2.05, 4.69) is 5.32 Å². The number of hydrogen-bond acceptors (Lipinski definition) is 8. The van der Waals surface area contributed by atoms with E-state index < -0.39 is 23.6 Å². The normalized spacial score (nSPS) is 16.5. The van der Waals surface area contributed by atoms with Gasteiger partial charge in [0.1, 0.15) is 31.6 Å². The van der Waals surface area contributed by atoms with Gasteiger partial charge in [0.25, 0.3) is 11.1 Å². The van der Waals surface area contributed by atoms with Crippen LogP contribution < -0.4 is 20.2 Å². The van der Waals surface area contributed by atoms with E-state index in [1.165, 1.54) is 12.3 Å². The van der Waals surface area contributed by atoms with Crippen LogP contribution in [0.5, 0.6) is 11.5 Å². The first-order valence-electron chi connectivity index (χ1n) is 9.95. The van der Waals surface area contributed by atoms with Gasteiger partial charge in [0.2, 0.25) is 5.91 Å². The minimum Gasteiger partial charge on any atom is -0.486 e. The maximum atomic E-state index is 12.7. The molecule has 10 heteroatoms. The number of imide groups is 1. The van der Waals surface area contributed by atoms with E-state index in [1.54, 1.807) is 42.5 Å². The monoisotopic (exact) mass is 464 g/mol. The molecular formula is C23H16N2O7S. The summed E-state index contributed by atoms with van der Waals surface area (Å²) in [5.41, 5.74) is 0.684. The number of anilines is 1. The van der Waals surface area contributed by atoms with Gasteiger partial charge in [0.05, 0.1) is 15.9 Å². The van der Waals surface area contributed by atoms with Gasteiger partial charge in [-0.3, -0.25) is 24.1 Å². The molecule has 0 unspecified atom stereocenters. The highest BCUT2D eigenvalue weighted by atomic mass is 32.2. The fourth-order valence-electron chi connectivity index (χ4n) is 3.44. The second kappa shape index (κ2) is 8.47. The summed E-state index contributed by atoms with van der Waals surface area (Å²) in [6.45, 7) is 0.387. The summed E-state index contributed by atoms with van der Waals surface area (Å²) < 4.78 is 16.4. The molecule has 3 heterocycles. The lowest BCUT2D eigenvalue weighted by Crippen LogP contribution is -2.36.